The van der Waals surface area contributed by atoms with Crippen LogP contribution in [0.15, 0.2) is 72.8 Å². The lowest BCUT2D eigenvalue weighted by Crippen LogP contribution is -2.51. The van der Waals surface area contributed by atoms with E-state index in [-0.39, 0.29) is 11.9 Å². The van der Waals surface area contributed by atoms with Crippen LogP contribution in [-0.4, -0.2) is 74.1 Å². The largest absolute Gasteiger partial charge is 0.493 e. The predicted octanol–water partition coefficient (Wildman–Crippen LogP) is 4.00. The number of carbonyl (C=O) groups excluding carboxylic acids is 1. The van der Waals surface area contributed by atoms with Crippen LogP contribution in [0.25, 0.3) is 0 Å². The van der Waals surface area contributed by atoms with Gasteiger partial charge in [0.25, 0.3) is 0 Å². The van der Waals surface area contributed by atoms with Crippen LogP contribution in [0.2, 0.25) is 0 Å². The molecule has 2 aliphatic heterocycles. The van der Waals surface area contributed by atoms with Crippen molar-refractivity contribution >= 4 is 5.91 Å². The standard InChI is InChI=1S/C30H35N3O3/c1-35-27-19-25-13-14-33(30(24-11-7-4-8-12-24)26(25)20-28(27)36-2)29(34)22-32-17-15-31(16-18-32)21-23-9-5-3-6-10-23/h3-12,19-20,30H,13-18,21-22H2,1-2H3. The number of piperazine rings is 1. The van der Waals surface area contributed by atoms with E-state index in [1.807, 2.05) is 24.3 Å². The van der Waals surface area contributed by atoms with Gasteiger partial charge in [-0.25, -0.2) is 0 Å². The number of hydrogen-bond acceptors (Lipinski definition) is 5. The van der Waals surface area contributed by atoms with Crippen LogP contribution >= 0.6 is 0 Å². The van der Waals surface area contributed by atoms with E-state index in [0.717, 1.165) is 56.0 Å². The zero-order chi connectivity index (χ0) is 24.9. The van der Waals surface area contributed by atoms with Gasteiger partial charge in [-0.3, -0.25) is 14.6 Å². The fraction of sp³-hybridized carbons (Fsp3) is 0.367. The predicted molar refractivity (Wildman–Crippen MR) is 141 cm³/mol. The first kappa shape index (κ1) is 24.3. The summed E-state index contributed by atoms with van der Waals surface area (Å²) in [4.78, 5) is 20.6. The first-order valence-electron chi connectivity index (χ1n) is 12.7. The minimum Gasteiger partial charge on any atom is -0.493 e. The fourth-order valence-electron chi connectivity index (χ4n) is 5.44. The summed E-state index contributed by atoms with van der Waals surface area (Å²) in [5.41, 5.74) is 4.78. The summed E-state index contributed by atoms with van der Waals surface area (Å²) < 4.78 is 11.2. The van der Waals surface area contributed by atoms with Crippen molar-refractivity contribution in [3.63, 3.8) is 0 Å². The molecular weight excluding hydrogens is 450 g/mol. The van der Waals surface area contributed by atoms with Crippen LogP contribution in [0, 0.1) is 0 Å². The van der Waals surface area contributed by atoms with Gasteiger partial charge in [0.1, 0.15) is 0 Å². The molecular formula is C30H35N3O3. The van der Waals surface area contributed by atoms with E-state index in [0.29, 0.717) is 18.8 Å². The number of ether oxygens (including phenoxy) is 2. The molecule has 0 aliphatic carbocycles. The number of methoxy groups -OCH3 is 2. The summed E-state index contributed by atoms with van der Waals surface area (Å²) in [5.74, 6) is 1.61. The maximum absolute atomic E-state index is 13.7. The molecule has 6 heteroatoms. The molecule has 6 nitrogen and oxygen atoms in total. The summed E-state index contributed by atoms with van der Waals surface area (Å²) in [6.07, 6.45) is 0.801. The second-order valence-corrected chi connectivity index (χ2v) is 9.59. The van der Waals surface area contributed by atoms with Gasteiger partial charge < -0.3 is 14.4 Å². The molecule has 0 spiro atoms. The second kappa shape index (κ2) is 11.1. The zero-order valence-corrected chi connectivity index (χ0v) is 21.2. The number of fused-ring (bicyclic) bond motifs is 1. The number of amides is 1. The molecule has 36 heavy (non-hydrogen) atoms. The topological polar surface area (TPSA) is 45.3 Å². The smallest absolute Gasteiger partial charge is 0.237 e. The quantitative estimate of drug-likeness (QED) is 0.506. The van der Waals surface area contributed by atoms with Gasteiger partial charge in [0.15, 0.2) is 11.5 Å². The second-order valence-electron chi connectivity index (χ2n) is 9.59. The van der Waals surface area contributed by atoms with Crippen LogP contribution in [-0.2, 0) is 17.8 Å². The number of benzene rings is 3. The average Bonchev–Trinajstić information content (AvgIpc) is 2.93. The highest BCUT2D eigenvalue weighted by molar-refractivity contribution is 5.80. The van der Waals surface area contributed by atoms with Crippen molar-refractivity contribution in [2.24, 2.45) is 0 Å². The average molecular weight is 486 g/mol. The molecule has 2 heterocycles. The Bertz CT molecular complexity index is 1160. The molecule has 3 aromatic rings. The van der Waals surface area contributed by atoms with Gasteiger partial charge in [0.2, 0.25) is 5.91 Å². The monoisotopic (exact) mass is 485 g/mol. The summed E-state index contributed by atoms with van der Waals surface area (Å²) in [6, 6.07) is 24.9. The Labute approximate surface area is 214 Å². The van der Waals surface area contributed by atoms with Crippen LogP contribution in [0.5, 0.6) is 11.5 Å². The van der Waals surface area contributed by atoms with Crippen molar-refractivity contribution in [3.8, 4) is 11.5 Å². The third kappa shape index (κ3) is 5.25. The van der Waals surface area contributed by atoms with E-state index >= 15 is 0 Å². The van der Waals surface area contributed by atoms with Crippen molar-refractivity contribution in [1.82, 2.24) is 14.7 Å². The molecule has 1 atom stereocenters. The third-order valence-corrected chi connectivity index (χ3v) is 7.38. The number of rotatable bonds is 7. The van der Waals surface area contributed by atoms with Crippen LogP contribution in [0.4, 0.5) is 0 Å². The maximum atomic E-state index is 13.7. The van der Waals surface area contributed by atoms with Crippen LogP contribution in [0.3, 0.4) is 0 Å². The lowest BCUT2D eigenvalue weighted by Gasteiger charge is -2.40. The van der Waals surface area contributed by atoms with Gasteiger partial charge in [-0.2, -0.15) is 0 Å². The van der Waals surface area contributed by atoms with Crippen molar-refractivity contribution in [1.29, 1.82) is 0 Å². The molecule has 3 aromatic carbocycles. The van der Waals surface area contributed by atoms with Gasteiger partial charge in [0, 0.05) is 39.3 Å². The Balaban J connectivity index is 1.31. The highest BCUT2D eigenvalue weighted by Crippen LogP contribution is 2.41. The molecule has 5 rings (SSSR count). The van der Waals surface area contributed by atoms with Gasteiger partial charge in [0.05, 0.1) is 26.8 Å². The molecule has 1 fully saturated rings. The molecule has 1 unspecified atom stereocenters. The number of carbonyl (C=O) groups is 1. The summed E-state index contributed by atoms with van der Waals surface area (Å²) in [6.45, 7) is 5.87. The van der Waals surface area contributed by atoms with Crippen molar-refractivity contribution in [2.45, 2.75) is 19.0 Å². The van der Waals surface area contributed by atoms with Gasteiger partial charge >= 0.3 is 0 Å². The molecule has 188 valence electrons. The van der Waals surface area contributed by atoms with E-state index in [9.17, 15) is 4.79 Å². The van der Waals surface area contributed by atoms with Crippen LogP contribution < -0.4 is 9.47 Å². The number of nitrogens with zero attached hydrogens (tertiary/aromatic N) is 3. The molecule has 0 radical (unpaired) electrons. The first-order valence-corrected chi connectivity index (χ1v) is 12.7. The minimum atomic E-state index is -0.137. The molecule has 0 bridgehead atoms. The maximum Gasteiger partial charge on any atom is 0.237 e. The normalized spacial score (nSPS) is 18.5. The lowest BCUT2D eigenvalue weighted by atomic mass is 9.87. The minimum absolute atomic E-state index is 0.137. The van der Waals surface area contributed by atoms with Crippen molar-refractivity contribution in [3.05, 3.63) is 95.1 Å². The van der Waals surface area contributed by atoms with E-state index in [1.165, 1.54) is 11.1 Å². The molecule has 1 amide bonds. The Hall–Kier alpha value is -3.35. The van der Waals surface area contributed by atoms with E-state index < -0.39 is 0 Å². The highest BCUT2D eigenvalue weighted by atomic mass is 16.5. The Kier molecular flexibility index (Phi) is 7.54. The lowest BCUT2D eigenvalue weighted by molar-refractivity contribution is -0.135. The Morgan fingerprint density at radius 2 is 1.42 bits per heavy atom. The summed E-state index contributed by atoms with van der Waals surface area (Å²) in [5, 5.41) is 0. The van der Waals surface area contributed by atoms with E-state index in [2.05, 4.69) is 63.2 Å². The van der Waals surface area contributed by atoms with E-state index in [4.69, 9.17) is 9.47 Å². The molecule has 1 saturated heterocycles. The number of hydrogen-bond donors (Lipinski definition) is 0. The van der Waals surface area contributed by atoms with Crippen molar-refractivity contribution in [2.75, 3.05) is 53.5 Å². The molecule has 2 aliphatic rings. The zero-order valence-electron chi connectivity index (χ0n) is 21.2. The van der Waals surface area contributed by atoms with Crippen molar-refractivity contribution < 1.29 is 14.3 Å². The molecule has 0 saturated carbocycles. The summed E-state index contributed by atoms with van der Waals surface area (Å²) in [7, 11) is 3.32. The van der Waals surface area contributed by atoms with Gasteiger partial charge in [-0.15, -0.1) is 0 Å². The van der Waals surface area contributed by atoms with E-state index in [1.54, 1.807) is 14.2 Å². The highest BCUT2D eigenvalue weighted by Gasteiger charge is 2.34. The molecule has 0 aromatic heterocycles. The fourth-order valence-corrected chi connectivity index (χ4v) is 5.44. The Morgan fingerprint density at radius 3 is 2.08 bits per heavy atom. The molecule has 0 N–H and O–H groups in total. The third-order valence-electron chi connectivity index (χ3n) is 7.38. The first-order chi connectivity index (χ1) is 17.7. The Morgan fingerprint density at radius 1 is 0.806 bits per heavy atom. The summed E-state index contributed by atoms with van der Waals surface area (Å²) >= 11 is 0. The van der Waals surface area contributed by atoms with Gasteiger partial charge in [-0.05, 0) is 40.8 Å². The SMILES string of the molecule is COc1cc2c(cc1OC)C(c1ccccc1)N(C(=O)CN1CCN(Cc3ccccc3)CC1)CC2. The van der Waals surface area contributed by atoms with Gasteiger partial charge in [-0.1, -0.05) is 60.7 Å². The van der Waals surface area contributed by atoms with Crippen LogP contribution in [0.1, 0.15) is 28.3 Å².